The van der Waals surface area contributed by atoms with Crippen molar-refractivity contribution in [1.82, 2.24) is 9.97 Å². The molecule has 0 aromatic carbocycles. The number of nitrogen functional groups attached to an aromatic ring is 1. The molecule has 0 unspecified atom stereocenters. The van der Waals surface area contributed by atoms with Crippen molar-refractivity contribution in [2.24, 2.45) is 0 Å². The van der Waals surface area contributed by atoms with Crippen LogP contribution in [0.1, 0.15) is 18.4 Å². The van der Waals surface area contributed by atoms with Crippen molar-refractivity contribution < 1.29 is 4.74 Å². The molecule has 0 aliphatic heterocycles. The van der Waals surface area contributed by atoms with Crippen LogP contribution in [0, 0.1) is 18.3 Å². The molecule has 1 rings (SSSR count). The molecule has 0 spiro atoms. The number of aromatic nitrogens is 2. The van der Waals surface area contributed by atoms with E-state index < -0.39 is 0 Å². The lowest BCUT2D eigenvalue weighted by Crippen LogP contribution is -2.05. The highest BCUT2D eigenvalue weighted by molar-refractivity contribution is 5.57. The van der Waals surface area contributed by atoms with Gasteiger partial charge in [-0.2, -0.15) is 10.2 Å². The number of nitrogens with two attached hydrogens (primary N) is 1. The predicted molar refractivity (Wildman–Crippen MR) is 47.1 cm³/mol. The monoisotopic (exact) mass is 178 g/mol. The first-order valence-corrected chi connectivity index (χ1v) is 3.86. The highest BCUT2D eigenvalue weighted by atomic mass is 16.5. The van der Waals surface area contributed by atoms with E-state index in [4.69, 9.17) is 15.7 Å². The molecule has 0 fully saturated rings. The van der Waals surface area contributed by atoms with Crippen LogP contribution < -0.4 is 10.5 Å². The fraction of sp³-hybridized carbons (Fsp3) is 0.375. The fourth-order valence-corrected chi connectivity index (χ4v) is 0.887. The number of hydrogen-bond donors (Lipinski definition) is 1. The van der Waals surface area contributed by atoms with Gasteiger partial charge in [0, 0.05) is 0 Å². The first kappa shape index (κ1) is 9.26. The number of hydrogen-bond acceptors (Lipinski definition) is 5. The normalized spacial score (nSPS) is 9.31. The van der Waals surface area contributed by atoms with Crippen molar-refractivity contribution in [3.8, 4) is 11.9 Å². The fourth-order valence-electron chi connectivity index (χ4n) is 0.887. The Kier molecular flexibility index (Phi) is 2.65. The van der Waals surface area contributed by atoms with Crippen molar-refractivity contribution in [1.29, 1.82) is 5.26 Å². The molecule has 5 heteroatoms. The van der Waals surface area contributed by atoms with E-state index in [-0.39, 0.29) is 17.3 Å². The summed E-state index contributed by atoms with van der Waals surface area (Å²) in [6, 6.07) is 1.88. The zero-order valence-electron chi connectivity index (χ0n) is 7.53. The molecule has 0 saturated carbocycles. The average molecular weight is 178 g/mol. The Bertz CT molecular complexity index is 356. The summed E-state index contributed by atoms with van der Waals surface area (Å²) in [5.41, 5.74) is 5.94. The second-order valence-corrected chi connectivity index (χ2v) is 2.38. The quantitative estimate of drug-likeness (QED) is 0.718. The van der Waals surface area contributed by atoms with E-state index in [0.29, 0.717) is 12.4 Å². The van der Waals surface area contributed by atoms with Gasteiger partial charge in [-0.1, -0.05) is 0 Å². The maximum atomic E-state index is 8.66. The molecule has 0 saturated heterocycles. The third-order valence-electron chi connectivity index (χ3n) is 1.41. The molecule has 0 aliphatic rings. The predicted octanol–water partition coefficient (Wildman–Crippen LogP) is 0.638. The first-order valence-electron chi connectivity index (χ1n) is 3.86. The van der Waals surface area contributed by atoms with Gasteiger partial charge in [0.05, 0.1) is 6.61 Å². The van der Waals surface area contributed by atoms with Crippen LogP contribution >= 0.6 is 0 Å². The molecular weight excluding hydrogens is 168 g/mol. The van der Waals surface area contributed by atoms with Gasteiger partial charge in [0.25, 0.3) is 0 Å². The second kappa shape index (κ2) is 3.72. The average Bonchev–Trinajstić information content (AvgIpc) is 2.11. The Morgan fingerprint density at radius 1 is 1.54 bits per heavy atom. The van der Waals surface area contributed by atoms with Crippen LogP contribution in [0.25, 0.3) is 0 Å². The second-order valence-electron chi connectivity index (χ2n) is 2.38. The molecule has 0 bridgehead atoms. The molecule has 68 valence electrons. The Morgan fingerprint density at radius 3 is 2.77 bits per heavy atom. The number of ether oxygens (including phenoxy) is 1. The van der Waals surface area contributed by atoms with E-state index in [1.54, 1.807) is 6.92 Å². The number of rotatable bonds is 2. The summed E-state index contributed by atoms with van der Waals surface area (Å²) in [7, 11) is 0. The Balaban J connectivity index is 3.21. The van der Waals surface area contributed by atoms with Gasteiger partial charge in [-0.25, -0.2) is 4.98 Å². The molecule has 0 radical (unpaired) electrons. The van der Waals surface area contributed by atoms with Gasteiger partial charge in [-0.15, -0.1) is 0 Å². The van der Waals surface area contributed by atoms with Gasteiger partial charge in [-0.05, 0) is 13.8 Å². The van der Waals surface area contributed by atoms with Crippen molar-refractivity contribution in [3.63, 3.8) is 0 Å². The minimum atomic E-state index is 0.163. The molecule has 5 nitrogen and oxygen atoms in total. The summed E-state index contributed by atoms with van der Waals surface area (Å²) in [4.78, 5) is 7.82. The van der Waals surface area contributed by atoms with Crippen LogP contribution in [0.2, 0.25) is 0 Å². The lowest BCUT2D eigenvalue weighted by atomic mass is 10.3. The molecule has 0 atom stereocenters. The van der Waals surface area contributed by atoms with Gasteiger partial charge < -0.3 is 10.5 Å². The molecule has 1 aromatic heterocycles. The number of nitriles is 1. The van der Waals surface area contributed by atoms with Crippen LogP contribution in [0.3, 0.4) is 0 Å². The van der Waals surface area contributed by atoms with Crippen LogP contribution in [0.5, 0.6) is 5.88 Å². The SMILES string of the molecule is CCOc1nc(C)nc(C#N)c1N. The minimum Gasteiger partial charge on any atom is -0.476 e. The first-order chi connectivity index (χ1) is 6.19. The largest absolute Gasteiger partial charge is 0.476 e. The topological polar surface area (TPSA) is 84.8 Å². The third kappa shape index (κ3) is 1.85. The molecule has 1 heterocycles. The lowest BCUT2D eigenvalue weighted by Gasteiger charge is -2.06. The van der Waals surface area contributed by atoms with Crippen molar-refractivity contribution >= 4 is 5.69 Å². The van der Waals surface area contributed by atoms with Crippen LogP contribution in [-0.4, -0.2) is 16.6 Å². The van der Waals surface area contributed by atoms with Crippen molar-refractivity contribution in [2.45, 2.75) is 13.8 Å². The van der Waals surface area contributed by atoms with Gasteiger partial charge >= 0.3 is 0 Å². The minimum absolute atomic E-state index is 0.163. The van der Waals surface area contributed by atoms with Crippen LogP contribution in [0.15, 0.2) is 0 Å². The van der Waals surface area contributed by atoms with E-state index >= 15 is 0 Å². The molecule has 0 aliphatic carbocycles. The summed E-state index contributed by atoms with van der Waals surface area (Å²) in [6.45, 7) is 3.97. The highest BCUT2D eigenvalue weighted by Crippen LogP contribution is 2.20. The summed E-state index contributed by atoms with van der Waals surface area (Å²) in [5, 5.41) is 8.66. The summed E-state index contributed by atoms with van der Waals surface area (Å²) < 4.78 is 5.13. The van der Waals surface area contributed by atoms with E-state index in [1.807, 2.05) is 13.0 Å². The van der Waals surface area contributed by atoms with Gasteiger partial charge in [0.15, 0.2) is 5.69 Å². The summed E-state index contributed by atoms with van der Waals surface area (Å²) >= 11 is 0. The zero-order valence-corrected chi connectivity index (χ0v) is 7.53. The molecular formula is C8H10N4O. The third-order valence-corrected chi connectivity index (χ3v) is 1.41. The van der Waals surface area contributed by atoms with Crippen molar-refractivity contribution in [2.75, 3.05) is 12.3 Å². The Labute approximate surface area is 76.2 Å². The van der Waals surface area contributed by atoms with Gasteiger partial charge in [0.2, 0.25) is 5.88 Å². The zero-order chi connectivity index (χ0) is 9.84. The number of nitrogens with zero attached hydrogens (tertiary/aromatic N) is 3. The van der Waals surface area contributed by atoms with E-state index in [1.165, 1.54) is 0 Å². The number of aryl methyl sites for hydroxylation is 1. The van der Waals surface area contributed by atoms with Crippen LogP contribution in [-0.2, 0) is 0 Å². The Morgan fingerprint density at radius 2 is 2.23 bits per heavy atom. The maximum Gasteiger partial charge on any atom is 0.241 e. The van der Waals surface area contributed by atoms with Crippen molar-refractivity contribution in [3.05, 3.63) is 11.5 Å². The van der Waals surface area contributed by atoms with Crippen LogP contribution in [0.4, 0.5) is 5.69 Å². The Hall–Kier alpha value is -1.83. The van der Waals surface area contributed by atoms with E-state index in [9.17, 15) is 0 Å². The smallest absolute Gasteiger partial charge is 0.241 e. The molecule has 0 amide bonds. The molecule has 1 aromatic rings. The van der Waals surface area contributed by atoms with Gasteiger partial charge in [-0.3, -0.25) is 0 Å². The summed E-state index contributed by atoms with van der Waals surface area (Å²) in [5.74, 6) is 0.765. The lowest BCUT2D eigenvalue weighted by molar-refractivity contribution is 0.327. The molecule has 13 heavy (non-hydrogen) atoms. The number of anilines is 1. The highest BCUT2D eigenvalue weighted by Gasteiger charge is 2.09. The van der Waals surface area contributed by atoms with E-state index in [2.05, 4.69) is 9.97 Å². The standard InChI is InChI=1S/C8H10N4O/c1-3-13-8-7(10)6(4-9)11-5(2)12-8/h3,10H2,1-2H3. The van der Waals surface area contributed by atoms with E-state index in [0.717, 1.165) is 0 Å². The van der Waals surface area contributed by atoms with Gasteiger partial charge in [0.1, 0.15) is 17.6 Å². The summed E-state index contributed by atoms with van der Waals surface area (Å²) in [6.07, 6.45) is 0. The maximum absolute atomic E-state index is 8.66. The molecule has 2 N–H and O–H groups in total.